The highest BCUT2D eigenvalue weighted by Crippen LogP contribution is 2.14. The second-order valence-corrected chi connectivity index (χ2v) is 14.4. The summed E-state index contributed by atoms with van der Waals surface area (Å²) in [4.78, 5) is 12.2. The van der Waals surface area contributed by atoms with Crippen LogP contribution in [-0.4, -0.2) is 37.0 Å². The standard InChI is InChI=1S/C48H84O4/c1-3-5-7-9-11-13-15-17-19-20-21-22-23-24-25-26-27-28-29-30-32-34-36-38-40-42-44-51-46-47(45-49)52-48(50)43-41-39-37-35-33-31-18-16-14-12-10-8-6-4-2/h5,7,10-13,16-19,21-22,47,49H,3-4,6,8-9,14-15,20,23-46H2,1-2H3/b7-5-,12-10-,13-11-,18-16-,19-17-,22-21-. The van der Waals surface area contributed by atoms with Crippen LogP contribution in [0.25, 0.3) is 0 Å². The smallest absolute Gasteiger partial charge is 0.306 e. The predicted octanol–water partition coefficient (Wildman–Crippen LogP) is 14.6. The van der Waals surface area contributed by atoms with Crippen LogP contribution in [0.1, 0.15) is 200 Å². The molecule has 0 amide bonds. The Bertz CT molecular complexity index is 896. The van der Waals surface area contributed by atoms with Crippen molar-refractivity contribution in [1.29, 1.82) is 0 Å². The van der Waals surface area contributed by atoms with Gasteiger partial charge in [0.05, 0.1) is 13.2 Å². The van der Waals surface area contributed by atoms with Gasteiger partial charge in [0.25, 0.3) is 0 Å². The number of hydrogen-bond acceptors (Lipinski definition) is 4. The predicted molar refractivity (Wildman–Crippen MR) is 228 cm³/mol. The third kappa shape index (κ3) is 42.2. The van der Waals surface area contributed by atoms with E-state index in [0.29, 0.717) is 13.0 Å². The number of aliphatic hydroxyl groups is 1. The maximum Gasteiger partial charge on any atom is 0.306 e. The molecule has 1 unspecified atom stereocenters. The molecule has 0 fully saturated rings. The van der Waals surface area contributed by atoms with Crippen molar-refractivity contribution >= 4 is 5.97 Å². The number of ether oxygens (including phenoxy) is 2. The van der Waals surface area contributed by atoms with Gasteiger partial charge in [-0.3, -0.25) is 4.79 Å². The molecule has 0 aromatic heterocycles. The molecule has 0 saturated carbocycles. The van der Waals surface area contributed by atoms with Gasteiger partial charge in [-0.1, -0.05) is 189 Å². The Balaban J connectivity index is 3.43. The third-order valence-corrected chi connectivity index (χ3v) is 9.27. The zero-order valence-corrected chi connectivity index (χ0v) is 34.3. The zero-order chi connectivity index (χ0) is 37.7. The van der Waals surface area contributed by atoms with Crippen molar-refractivity contribution in [2.75, 3.05) is 19.8 Å². The van der Waals surface area contributed by atoms with Gasteiger partial charge in [0.1, 0.15) is 6.10 Å². The van der Waals surface area contributed by atoms with Gasteiger partial charge in [0, 0.05) is 13.0 Å². The number of esters is 1. The third-order valence-electron chi connectivity index (χ3n) is 9.27. The molecular weight excluding hydrogens is 641 g/mol. The molecule has 1 atom stereocenters. The lowest BCUT2D eigenvalue weighted by Gasteiger charge is -2.15. The van der Waals surface area contributed by atoms with Crippen molar-refractivity contribution in [3.63, 3.8) is 0 Å². The monoisotopic (exact) mass is 725 g/mol. The Labute approximate surface area is 323 Å². The van der Waals surface area contributed by atoms with Crippen LogP contribution in [-0.2, 0) is 14.3 Å². The fourth-order valence-corrected chi connectivity index (χ4v) is 5.98. The lowest BCUT2D eigenvalue weighted by atomic mass is 10.0. The lowest BCUT2D eigenvalue weighted by Crippen LogP contribution is -2.27. The van der Waals surface area contributed by atoms with Crippen LogP contribution in [0, 0.1) is 0 Å². The highest BCUT2D eigenvalue weighted by Gasteiger charge is 2.13. The number of hydrogen-bond donors (Lipinski definition) is 1. The first-order valence-corrected chi connectivity index (χ1v) is 22.0. The molecule has 0 aromatic carbocycles. The number of rotatable bonds is 40. The first-order valence-electron chi connectivity index (χ1n) is 22.0. The average Bonchev–Trinajstić information content (AvgIpc) is 3.15. The summed E-state index contributed by atoms with van der Waals surface area (Å²) < 4.78 is 11.2. The number of carbonyl (C=O) groups excluding carboxylic acids is 1. The van der Waals surface area contributed by atoms with Crippen LogP contribution in [0.3, 0.4) is 0 Å². The second-order valence-electron chi connectivity index (χ2n) is 14.4. The van der Waals surface area contributed by atoms with E-state index >= 15 is 0 Å². The number of allylic oxidation sites excluding steroid dienone is 12. The fourth-order valence-electron chi connectivity index (χ4n) is 5.98. The Hall–Kier alpha value is -2.17. The van der Waals surface area contributed by atoms with Crippen LogP contribution in [0.15, 0.2) is 72.9 Å². The highest BCUT2D eigenvalue weighted by molar-refractivity contribution is 5.69. The minimum absolute atomic E-state index is 0.180. The summed E-state index contributed by atoms with van der Waals surface area (Å²) in [5.74, 6) is -0.217. The molecule has 0 aliphatic heterocycles. The molecule has 300 valence electrons. The Kier molecular flexibility index (Phi) is 43.1. The molecule has 0 aliphatic rings. The topological polar surface area (TPSA) is 55.8 Å². The molecule has 4 heteroatoms. The molecular formula is C48H84O4. The zero-order valence-electron chi connectivity index (χ0n) is 34.3. The normalized spacial score (nSPS) is 13.1. The van der Waals surface area contributed by atoms with E-state index in [-0.39, 0.29) is 19.2 Å². The van der Waals surface area contributed by atoms with Crippen molar-refractivity contribution in [3.8, 4) is 0 Å². The van der Waals surface area contributed by atoms with E-state index in [2.05, 4.69) is 86.8 Å². The summed E-state index contributed by atoms with van der Waals surface area (Å²) in [6.07, 6.45) is 61.1. The van der Waals surface area contributed by atoms with E-state index in [9.17, 15) is 9.90 Å². The van der Waals surface area contributed by atoms with Gasteiger partial charge in [-0.2, -0.15) is 0 Å². The van der Waals surface area contributed by atoms with Gasteiger partial charge in [-0.05, 0) is 77.0 Å². The van der Waals surface area contributed by atoms with Gasteiger partial charge >= 0.3 is 5.97 Å². The minimum atomic E-state index is -0.545. The van der Waals surface area contributed by atoms with Gasteiger partial charge in [0.2, 0.25) is 0 Å². The van der Waals surface area contributed by atoms with E-state index in [4.69, 9.17) is 9.47 Å². The van der Waals surface area contributed by atoms with Crippen molar-refractivity contribution in [1.82, 2.24) is 0 Å². The molecule has 52 heavy (non-hydrogen) atoms. The second kappa shape index (κ2) is 45.0. The average molecular weight is 725 g/mol. The highest BCUT2D eigenvalue weighted by atomic mass is 16.6. The Morgan fingerprint density at radius 3 is 1.31 bits per heavy atom. The number of carbonyl (C=O) groups is 1. The summed E-state index contributed by atoms with van der Waals surface area (Å²) in [7, 11) is 0. The maximum atomic E-state index is 12.2. The molecule has 0 heterocycles. The lowest BCUT2D eigenvalue weighted by molar-refractivity contribution is -0.154. The summed E-state index contributed by atoms with van der Waals surface area (Å²) >= 11 is 0. The van der Waals surface area contributed by atoms with Crippen LogP contribution >= 0.6 is 0 Å². The van der Waals surface area contributed by atoms with Crippen LogP contribution in [0.2, 0.25) is 0 Å². The summed E-state index contributed by atoms with van der Waals surface area (Å²) in [5, 5.41) is 9.60. The first kappa shape index (κ1) is 49.8. The largest absolute Gasteiger partial charge is 0.457 e. The van der Waals surface area contributed by atoms with Crippen molar-refractivity contribution in [2.24, 2.45) is 0 Å². The number of unbranched alkanes of at least 4 members (excludes halogenated alkanes) is 20. The Morgan fingerprint density at radius 1 is 0.481 bits per heavy atom. The number of aliphatic hydroxyl groups excluding tert-OH is 1. The molecule has 4 nitrogen and oxygen atoms in total. The molecule has 1 N–H and O–H groups in total. The fraction of sp³-hybridized carbons (Fsp3) is 0.729. The molecule has 0 bridgehead atoms. The SMILES string of the molecule is CC/C=C\C/C=C\C/C=C\C/C=C\CCCCCCCCCCCCCCCOCC(CO)OC(=O)CCCCCCC/C=C\C/C=C\CCCC. The molecule has 0 rings (SSSR count). The summed E-state index contributed by atoms with van der Waals surface area (Å²) in [6.45, 7) is 5.17. The molecule has 0 aromatic rings. The van der Waals surface area contributed by atoms with Crippen molar-refractivity contribution in [3.05, 3.63) is 72.9 Å². The van der Waals surface area contributed by atoms with Gasteiger partial charge in [0.15, 0.2) is 0 Å². The molecule has 0 saturated heterocycles. The summed E-state index contributed by atoms with van der Waals surface area (Å²) in [6, 6.07) is 0. The molecule has 0 aliphatic carbocycles. The van der Waals surface area contributed by atoms with E-state index in [1.54, 1.807) is 0 Å². The van der Waals surface area contributed by atoms with Crippen LogP contribution < -0.4 is 0 Å². The quantitative estimate of drug-likeness (QED) is 0.0388. The van der Waals surface area contributed by atoms with E-state index < -0.39 is 6.10 Å². The molecule has 0 radical (unpaired) electrons. The maximum absolute atomic E-state index is 12.2. The van der Waals surface area contributed by atoms with Crippen LogP contribution in [0.4, 0.5) is 0 Å². The van der Waals surface area contributed by atoms with Gasteiger partial charge < -0.3 is 14.6 Å². The van der Waals surface area contributed by atoms with Gasteiger partial charge in [-0.15, -0.1) is 0 Å². The van der Waals surface area contributed by atoms with Gasteiger partial charge in [-0.25, -0.2) is 0 Å². The Morgan fingerprint density at radius 2 is 0.865 bits per heavy atom. The minimum Gasteiger partial charge on any atom is -0.457 e. The first-order chi connectivity index (χ1) is 25.7. The van der Waals surface area contributed by atoms with Crippen LogP contribution in [0.5, 0.6) is 0 Å². The van der Waals surface area contributed by atoms with E-state index in [0.717, 1.165) is 64.2 Å². The van der Waals surface area contributed by atoms with Crippen molar-refractivity contribution < 1.29 is 19.4 Å². The van der Waals surface area contributed by atoms with Crippen molar-refractivity contribution in [2.45, 2.75) is 206 Å². The van der Waals surface area contributed by atoms with E-state index in [1.165, 1.54) is 116 Å². The summed E-state index contributed by atoms with van der Waals surface area (Å²) in [5.41, 5.74) is 0. The van der Waals surface area contributed by atoms with E-state index in [1.807, 2.05) is 0 Å². The molecule has 0 spiro atoms.